The topological polar surface area (TPSA) is 33.2 Å². The SMILES string of the molecule is Cc1c(-c2cc(CN3CCCN(C)CC3)c(O)c(CN3CCCN(C)CC3)c2)ssc1=S. The lowest BCUT2D eigenvalue weighted by Gasteiger charge is -2.24. The molecule has 0 spiro atoms. The summed E-state index contributed by atoms with van der Waals surface area (Å²) in [4.78, 5) is 11.1. The third-order valence-corrected chi connectivity index (χ3v) is 10.2. The highest BCUT2D eigenvalue weighted by atomic mass is 32.9. The lowest BCUT2D eigenvalue weighted by atomic mass is 10.0. The first-order valence-electron chi connectivity index (χ1n) is 11.7. The van der Waals surface area contributed by atoms with Crippen LogP contribution in [0, 0.1) is 10.7 Å². The number of hydrogen-bond acceptors (Lipinski definition) is 8. The standard InChI is InChI=1S/C24H36N4OS3/c1-18-23(31-32-24(18)30)19-14-20(16-27-8-4-6-25(2)10-12-27)22(29)21(15-19)17-28-9-5-7-26(3)11-13-28/h14-15,29H,4-13,16-17H2,1-3H3. The van der Waals surface area contributed by atoms with E-state index in [1.165, 1.54) is 28.8 Å². The molecule has 2 fully saturated rings. The molecule has 2 saturated heterocycles. The molecule has 2 aromatic rings. The smallest absolute Gasteiger partial charge is 0.124 e. The molecule has 1 N–H and O–H groups in total. The number of benzene rings is 1. The maximum absolute atomic E-state index is 11.4. The van der Waals surface area contributed by atoms with Crippen molar-refractivity contribution in [2.45, 2.75) is 32.9 Å². The Kier molecular flexibility index (Phi) is 8.37. The van der Waals surface area contributed by atoms with Crippen molar-refractivity contribution in [1.29, 1.82) is 0 Å². The summed E-state index contributed by atoms with van der Waals surface area (Å²) in [5.74, 6) is 0.487. The van der Waals surface area contributed by atoms with Crippen LogP contribution >= 0.6 is 32.9 Å². The van der Waals surface area contributed by atoms with E-state index >= 15 is 0 Å². The van der Waals surface area contributed by atoms with Gasteiger partial charge in [-0.05, 0) is 83.3 Å². The highest BCUT2D eigenvalue weighted by Crippen LogP contribution is 2.38. The molecule has 1 aromatic heterocycles. The summed E-state index contributed by atoms with van der Waals surface area (Å²) in [6.45, 7) is 12.5. The minimum atomic E-state index is 0.487. The number of rotatable bonds is 5. The summed E-state index contributed by atoms with van der Waals surface area (Å²) >= 11 is 5.53. The molecule has 0 bridgehead atoms. The van der Waals surface area contributed by atoms with Crippen LogP contribution in [0.3, 0.4) is 0 Å². The summed E-state index contributed by atoms with van der Waals surface area (Å²) in [5.41, 5.74) is 4.52. The predicted molar refractivity (Wildman–Crippen MR) is 140 cm³/mol. The van der Waals surface area contributed by atoms with Crippen LogP contribution in [0.25, 0.3) is 10.4 Å². The Balaban J connectivity index is 1.65. The van der Waals surface area contributed by atoms with Gasteiger partial charge in [-0.1, -0.05) is 32.9 Å². The number of hydrogen-bond donors (Lipinski definition) is 1. The van der Waals surface area contributed by atoms with E-state index in [0.29, 0.717) is 5.75 Å². The van der Waals surface area contributed by atoms with E-state index in [9.17, 15) is 5.11 Å². The Morgan fingerprint density at radius 1 is 0.812 bits per heavy atom. The van der Waals surface area contributed by atoms with Crippen molar-refractivity contribution in [3.8, 4) is 16.2 Å². The van der Waals surface area contributed by atoms with Crippen molar-refractivity contribution in [1.82, 2.24) is 19.6 Å². The molecule has 2 aliphatic heterocycles. The fourth-order valence-corrected chi connectivity index (χ4v) is 7.57. The van der Waals surface area contributed by atoms with Gasteiger partial charge >= 0.3 is 0 Å². The van der Waals surface area contributed by atoms with E-state index in [2.05, 4.69) is 52.8 Å². The molecule has 4 rings (SSSR count). The van der Waals surface area contributed by atoms with Crippen LogP contribution in [0.15, 0.2) is 12.1 Å². The van der Waals surface area contributed by atoms with Gasteiger partial charge in [0.15, 0.2) is 0 Å². The van der Waals surface area contributed by atoms with Crippen LogP contribution in [0.4, 0.5) is 0 Å². The maximum Gasteiger partial charge on any atom is 0.124 e. The normalized spacial score (nSPS) is 20.3. The fourth-order valence-electron chi connectivity index (χ4n) is 4.69. The summed E-state index contributed by atoms with van der Waals surface area (Å²) in [6, 6.07) is 4.42. The molecular weight excluding hydrogens is 456 g/mol. The van der Waals surface area contributed by atoms with Gasteiger partial charge in [-0.25, -0.2) is 0 Å². The van der Waals surface area contributed by atoms with Gasteiger partial charge in [-0.15, -0.1) is 0 Å². The largest absolute Gasteiger partial charge is 0.507 e. The number of likely N-dealkylation sites (N-methyl/N-ethyl adjacent to an activating group) is 2. The Morgan fingerprint density at radius 3 is 1.81 bits per heavy atom. The third kappa shape index (κ3) is 5.97. The fraction of sp³-hybridized carbons (Fsp3) is 0.625. The van der Waals surface area contributed by atoms with E-state index in [0.717, 1.165) is 80.4 Å². The quantitative estimate of drug-likeness (QED) is 0.489. The molecular formula is C24H36N4OS3. The molecule has 176 valence electrons. The molecule has 3 heterocycles. The molecule has 2 aliphatic rings. The summed E-state index contributed by atoms with van der Waals surface area (Å²) in [7, 11) is 7.85. The monoisotopic (exact) mass is 492 g/mol. The lowest BCUT2D eigenvalue weighted by molar-refractivity contribution is 0.259. The minimum Gasteiger partial charge on any atom is -0.507 e. The molecule has 32 heavy (non-hydrogen) atoms. The first kappa shape index (κ1) is 24.3. The second-order valence-electron chi connectivity index (χ2n) is 9.42. The number of phenolic OH excluding ortho intramolecular Hbond substituents is 1. The van der Waals surface area contributed by atoms with Crippen LogP contribution in [-0.2, 0) is 13.1 Å². The van der Waals surface area contributed by atoms with E-state index < -0.39 is 0 Å². The van der Waals surface area contributed by atoms with Gasteiger partial charge in [0, 0.05) is 50.4 Å². The van der Waals surface area contributed by atoms with Crippen LogP contribution in [0.2, 0.25) is 0 Å². The highest BCUT2D eigenvalue weighted by Gasteiger charge is 2.20. The first-order valence-corrected chi connectivity index (χ1v) is 14.2. The van der Waals surface area contributed by atoms with Crippen LogP contribution in [-0.4, -0.2) is 91.2 Å². The second kappa shape index (κ2) is 11.0. The van der Waals surface area contributed by atoms with Crippen molar-refractivity contribution in [3.63, 3.8) is 0 Å². The van der Waals surface area contributed by atoms with Gasteiger partial charge in [0.05, 0.1) is 4.88 Å². The van der Waals surface area contributed by atoms with Gasteiger partial charge in [0.25, 0.3) is 0 Å². The Labute approximate surface area is 205 Å². The zero-order valence-electron chi connectivity index (χ0n) is 19.6. The summed E-state index contributed by atoms with van der Waals surface area (Å²) in [6.07, 6.45) is 2.35. The Bertz CT molecular complexity index is 925. The molecule has 0 amide bonds. The van der Waals surface area contributed by atoms with Crippen molar-refractivity contribution < 1.29 is 5.11 Å². The average molecular weight is 493 g/mol. The lowest BCUT2D eigenvalue weighted by Crippen LogP contribution is -2.29. The molecule has 0 aliphatic carbocycles. The molecule has 0 saturated carbocycles. The van der Waals surface area contributed by atoms with Crippen LogP contribution in [0.1, 0.15) is 29.5 Å². The molecule has 0 atom stereocenters. The molecule has 5 nitrogen and oxygen atoms in total. The summed E-state index contributed by atoms with van der Waals surface area (Å²) < 4.78 is 0.979. The van der Waals surface area contributed by atoms with Gasteiger partial charge in [-0.3, -0.25) is 9.80 Å². The zero-order valence-corrected chi connectivity index (χ0v) is 22.1. The van der Waals surface area contributed by atoms with Crippen molar-refractivity contribution in [2.24, 2.45) is 0 Å². The Morgan fingerprint density at radius 2 is 1.34 bits per heavy atom. The molecule has 1 aromatic carbocycles. The Hall–Kier alpha value is -0.870. The average Bonchev–Trinajstić information content (AvgIpc) is 2.92. The first-order chi connectivity index (χ1) is 15.4. The van der Waals surface area contributed by atoms with Crippen molar-refractivity contribution in [3.05, 3.63) is 32.6 Å². The molecule has 0 radical (unpaired) electrons. The van der Waals surface area contributed by atoms with Gasteiger partial charge in [0.2, 0.25) is 0 Å². The van der Waals surface area contributed by atoms with Gasteiger partial charge in [-0.2, -0.15) is 0 Å². The summed E-state index contributed by atoms with van der Waals surface area (Å²) in [5, 5.41) is 11.4. The van der Waals surface area contributed by atoms with E-state index in [4.69, 9.17) is 12.2 Å². The van der Waals surface area contributed by atoms with Gasteiger partial charge < -0.3 is 14.9 Å². The van der Waals surface area contributed by atoms with E-state index in [-0.39, 0.29) is 0 Å². The van der Waals surface area contributed by atoms with Crippen molar-refractivity contribution >= 4 is 32.9 Å². The molecule has 8 heteroatoms. The number of phenols is 1. The second-order valence-corrected chi connectivity index (χ2v) is 12.2. The minimum absolute atomic E-state index is 0.487. The van der Waals surface area contributed by atoms with Gasteiger partial charge in [0.1, 0.15) is 9.57 Å². The van der Waals surface area contributed by atoms with E-state index in [1.54, 1.807) is 20.7 Å². The maximum atomic E-state index is 11.4. The van der Waals surface area contributed by atoms with Crippen LogP contribution < -0.4 is 0 Å². The number of aromatic hydroxyl groups is 1. The zero-order chi connectivity index (χ0) is 22.7. The van der Waals surface area contributed by atoms with E-state index in [1.807, 2.05) is 0 Å². The molecule has 0 unspecified atom stereocenters. The highest BCUT2D eigenvalue weighted by molar-refractivity contribution is 7.80. The predicted octanol–water partition coefficient (Wildman–Crippen LogP) is 4.50. The third-order valence-electron chi connectivity index (χ3n) is 6.79. The van der Waals surface area contributed by atoms with Crippen LogP contribution in [0.5, 0.6) is 5.75 Å². The number of nitrogens with zero attached hydrogens (tertiary/aromatic N) is 4. The van der Waals surface area contributed by atoms with Crippen molar-refractivity contribution in [2.75, 3.05) is 66.5 Å².